The Balaban J connectivity index is 1.62. The van der Waals surface area contributed by atoms with Crippen molar-refractivity contribution in [1.82, 2.24) is 10.2 Å². The minimum absolute atomic E-state index is 0.0661. The Hall–Kier alpha value is -2.02. The first-order valence-electron chi connectivity index (χ1n) is 7.03. The number of hydrogen-bond donors (Lipinski definition) is 1. The number of likely N-dealkylation sites (tertiary alicyclic amines) is 1. The molecule has 1 aromatic carbocycles. The van der Waals surface area contributed by atoms with Gasteiger partial charge in [0.15, 0.2) is 0 Å². The average Bonchev–Trinajstić information content (AvgIpc) is 3.19. The molecule has 0 bridgehead atoms. The van der Waals surface area contributed by atoms with Crippen molar-refractivity contribution < 1.29 is 14.1 Å². The van der Waals surface area contributed by atoms with Crippen LogP contribution in [0, 0.1) is 15.9 Å². The highest BCUT2D eigenvalue weighted by molar-refractivity contribution is 5.94. The molecule has 0 radical (unpaired) electrons. The van der Waals surface area contributed by atoms with E-state index in [9.17, 15) is 19.3 Å². The molecule has 6 nitrogen and oxygen atoms in total. The number of carbonyl (C=O) groups excluding carboxylic acids is 1. The summed E-state index contributed by atoms with van der Waals surface area (Å²) in [5.74, 6) is -1.37. The minimum Gasteiger partial charge on any atom is -0.348 e. The second kappa shape index (κ2) is 5.40. The van der Waals surface area contributed by atoms with E-state index in [0.717, 1.165) is 31.6 Å². The van der Waals surface area contributed by atoms with Crippen molar-refractivity contribution in [3.63, 3.8) is 0 Å². The Morgan fingerprint density at radius 1 is 1.38 bits per heavy atom. The Morgan fingerprint density at radius 2 is 2.14 bits per heavy atom. The van der Waals surface area contributed by atoms with E-state index in [1.165, 1.54) is 18.9 Å². The van der Waals surface area contributed by atoms with Gasteiger partial charge in [-0.2, -0.15) is 4.39 Å². The van der Waals surface area contributed by atoms with Gasteiger partial charge in [0.25, 0.3) is 5.91 Å². The van der Waals surface area contributed by atoms with Crippen LogP contribution in [0.5, 0.6) is 0 Å². The summed E-state index contributed by atoms with van der Waals surface area (Å²) >= 11 is 0. The molecule has 1 aliphatic heterocycles. The average molecular weight is 293 g/mol. The number of amides is 1. The lowest BCUT2D eigenvalue weighted by molar-refractivity contribution is -0.387. The van der Waals surface area contributed by atoms with Crippen LogP contribution in [-0.4, -0.2) is 40.9 Å². The highest BCUT2D eigenvalue weighted by Gasteiger charge is 2.34. The molecule has 3 rings (SSSR count). The quantitative estimate of drug-likeness (QED) is 0.677. The molecular formula is C14H16FN3O3. The van der Waals surface area contributed by atoms with Crippen LogP contribution in [0.1, 0.15) is 29.6 Å². The SMILES string of the molecule is O=C(NC1CCN(C2CC2)C1)c1ccc([N+](=O)[O-])c(F)c1. The maximum absolute atomic E-state index is 13.5. The molecule has 112 valence electrons. The first-order valence-corrected chi connectivity index (χ1v) is 7.03. The normalized spacial score (nSPS) is 22.2. The summed E-state index contributed by atoms with van der Waals surface area (Å²) in [5.41, 5.74) is -0.504. The highest BCUT2D eigenvalue weighted by atomic mass is 19.1. The van der Waals surface area contributed by atoms with E-state index in [1.807, 2.05) is 0 Å². The van der Waals surface area contributed by atoms with Crippen LogP contribution in [0.2, 0.25) is 0 Å². The molecule has 21 heavy (non-hydrogen) atoms. The molecule has 1 heterocycles. The first kappa shape index (κ1) is 13.9. The number of halogens is 1. The maximum atomic E-state index is 13.5. The number of hydrogen-bond acceptors (Lipinski definition) is 4. The van der Waals surface area contributed by atoms with Gasteiger partial charge in [-0.15, -0.1) is 0 Å². The van der Waals surface area contributed by atoms with Gasteiger partial charge in [0.1, 0.15) is 0 Å². The Labute approximate surface area is 121 Å². The standard InChI is InChI=1S/C14H16FN3O3/c15-12-7-9(1-4-13(12)18(20)21)14(19)16-10-5-6-17(8-10)11-2-3-11/h1,4,7,10-11H,2-3,5-6,8H2,(H,16,19). The zero-order valence-corrected chi connectivity index (χ0v) is 11.4. The lowest BCUT2D eigenvalue weighted by atomic mass is 10.1. The molecule has 0 aromatic heterocycles. The molecule has 1 amide bonds. The van der Waals surface area contributed by atoms with Crippen molar-refractivity contribution >= 4 is 11.6 Å². The second-order valence-corrected chi connectivity index (χ2v) is 5.61. The molecule has 1 aliphatic carbocycles. The summed E-state index contributed by atoms with van der Waals surface area (Å²) in [7, 11) is 0. The third kappa shape index (κ3) is 3.02. The maximum Gasteiger partial charge on any atom is 0.304 e. The fourth-order valence-corrected chi connectivity index (χ4v) is 2.74. The van der Waals surface area contributed by atoms with E-state index in [1.54, 1.807) is 0 Å². The number of carbonyl (C=O) groups is 1. The third-order valence-corrected chi connectivity index (χ3v) is 4.02. The number of benzene rings is 1. The van der Waals surface area contributed by atoms with E-state index in [4.69, 9.17) is 0 Å². The third-order valence-electron chi connectivity index (χ3n) is 4.02. The van der Waals surface area contributed by atoms with E-state index < -0.39 is 16.4 Å². The van der Waals surface area contributed by atoms with E-state index >= 15 is 0 Å². The Kier molecular flexibility index (Phi) is 3.59. The van der Waals surface area contributed by atoms with Gasteiger partial charge in [0.2, 0.25) is 5.82 Å². The van der Waals surface area contributed by atoms with E-state index in [2.05, 4.69) is 10.2 Å². The van der Waals surface area contributed by atoms with Crippen LogP contribution in [0.4, 0.5) is 10.1 Å². The van der Waals surface area contributed by atoms with E-state index in [-0.39, 0.29) is 17.5 Å². The molecular weight excluding hydrogens is 277 g/mol. The topological polar surface area (TPSA) is 75.5 Å². The zero-order chi connectivity index (χ0) is 15.0. The van der Waals surface area contributed by atoms with Gasteiger partial charge in [0.05, 0.1) is 4.92 Å². The summed E-state index contributed by atoms with van der Waals surface area (Å²) in [6, 6.07) is 3.96. The smallest absolute Gasteiger partial charge is 0.304 e. The van der Waals surface area contributed by atoms with Crippen molar-refractivity contribution in [2.24, 2.45) is 0 Å². The van der Waals surface area contributed by atoms with Gasteiger partial charge < -0.3 is 5.32 Å². The number of nitro groups is 1. The van der Waals surface area contributed by atoms with Gasteiger partial charge in [-0.1, -0.05) is 0 Å². The highest BCUT2D eigenvalue weighted by Crippen LogP contribution is 2.29. The molecule has 1 saturated carbocycles. The predicted molar refractivity (Wildman–Crippen MR) is 73.5 cm³/mol. The Morgan fingerprint density at radius 3 is 2.76 bits per heavy atom. The summed E-state index contributed by atoms with van der Waals surface area (Å²) in [6.07, 6.45) is 3.35. The fourth-order valence-electron chi connectivity index (χ4n) is 2.74. The van der Waals surface area contributed by atoms with Gasteiger partial charge in [-0.05, 0) is 31.4 Å². The molecule has 1 unspecified atom stereocenters. The molecule has 2 fully saturated rings. The summed E-state index contributed by atoms with van der Waals surface area (Å²) < 4.78 is 13.5. The van der Waals surface area contributed by atoms with Crippen LogP contribution >= 0.6 is 0 Å². The van der Waals surface area contributed by atoms with Crippen LogP contribution in [0.3, 0.4) is 0 Å². The van der Waals surface area contributed by atoms with Crippen molar-refractivity contribution in [3.05, 3.63) is 39.7 Å². The van der Waals surface area contributed by atoms with Crippen LogP contribution < -0.4 is 5.32 Å². The largest absolute Gasteiger partial charge is 0.348 e. The number of nitro benzene ring substituents is 1. The van der Waals surface area contributed by atoms with Crippen molar-refractivity contribution in [3.8, 4) is 0 Å². The van der Waals surface area contributed by atoms with E-state index in [0.29, 0.717) is 6.04 Å². The summed E-state index contributed by atoms with van der Waals surface area (Å²) in [6.45, 7) is 1.80. The second-order valence-electron chi connectivity index (χ2n) is 5.61. The monoisotopic (exact) mass is 293 g/mol. The van der Waals surface area contributed by atoms with Crippen molar-refractivity contribution in [2.75, 3.05) is 13.1 Å². The predicted octanol–water partition coefficient (Wildman–Crippen LogP) is 1.70. The molecule has 0 spiro atoms. The minimum atomic E-state index is -0.987. The molecule has 1 aromatic rings. The number of nitrogens with zero attached hydrogens (tertiary/aromatic N) is 2. The molecule has 1 N–H and O–H groups in total. The van der Waals surface area contributed by atoms with Gasteiger partial charge >= 0.3 is 5.69 Å². The molecule has 1 saturated heterocycles. The zero-order valence-electron chi connectivity index (χ0n) is 11.4. The van der Waals surface area contributed by atoms with Gasteiger partial charge in [-0.25, -0.2) is 0 Å². The van der Waals surface area contributed by atoms with Crippen molar-refractivity contribution in [1.29, 1.82) is 0 Å². The van der Waals surface area contributed by atoms with Crippen LogP contribution in [0.25, 0.3) is 0 Å². The molecule has 1 atom stereocenters. The van der Waals surface area contributed by atoms with Crippen LogP contribution in [-0.2, 0) is 0 Å². The molecule has 7 heteroatoms. The summed E-state index contributed by atoms with van der Waals surface area (Å²) in [5, 5.41) is 13.4. The first-order chi connectivity index (χ1) is 10.0. The lowest BCUT2D eigenvalue weighted by Crippen LogP contribution is -2.37. The molecule has 2 aliphatic rings. The van der Waals surface area contributed by atoms with Gasteiger partial charge in [-0.3, -0.25) is 19.8 Å². The lowest BCUT2D eigenvalue weighted by Gasteiger charge is -2.15. The summed E-state index contributed by atoms with van der Waals surface area (Å²) in [4.78, 5) is 24.2. The number of rotatable bonds is 4. The Bertz CT molecular complexity index is 589. The van der Waals surface area contributed by atoms with Crippen molar-refractivity contribution in [2.45, 2.75) is 31.3 Å². The fraction of sp³-hybridized carbons (Fsp3) is 0.500. The van der Waals surface area contributed by atoms with Crippen LogP contribution in [0.15, 0.2) is 18.2 Å². The van der Waals surface area contributed by atoms with Gasteiger partial charge in [0, 0.05) is 36.8 Å². The number of nitrogens with one attached hydrogen (secondary N) is 1.